The molecule has 1 aliphatic carbocycles. The second-order valence-corrected chi connectivity index (χ2v) is 8.77. The highest BCUT2D eigenvalue weighted by Gasteiger charge is 2.37. The molecule has 6 nitrogen and oxygen atoms in total. The van der Waals surface area contributed by atoms with Gasteiger partial charge in [0, 0.05) is 29.8 Å². The first-order chi connectivity index (χ1) is 9.87. The maximum atomic E-state index is 12.1. The molecule has 1 aromatic rings. The van der Waals surface area contributed by atoms with Crippen molar-refractivity contribution in [3.8, 4) is 0 Å². The van der Waals surface area contributed by atoms with E-state index in [0.717, 1.165) is 30.4 Å². The van der Waals surface area contributed by atoms with Gasteiger partial charge in [0.15, 0.2) is 5.82 Å². The van der Waals surface area contributed by atoms with Gasteiger partial charge in [-0.25, -0.2) is 13.4 Å². The van der Waals surface area contributed by atoms with Crippen molar-refractivity contribution in [3.05, 3.63) is 16.7 Å². The molecule has 1 aromatic heterocycles. The summed E-state index contributed by atoms with van der Waals surface area (Å²) in [6.07, 6.45) is 3.20. The zero-order valence-electron chi connectivity index (χ0n) is 12.1. The van der Waals surface area contributed by atoms with Crippen molar-refractivity contribution >= 4 is 37.5 Å². The van der Waals surface area contributed by atoms with Gasteiger partial charge in [-0.3, -0.25) is 4.72 Å². The van der Waals surface area contributed by atoms with E-state index in [-0.39, 0.29) is 5.25 Å². The van der Waals surface area contributed by atoms with Gasteiger partial charge in [0.25, 0.3) is 0 Å². The van der Waals surface area contributed by atoms with E-state index >= 15 is 0 Å². The normalized spacial score (nSPS) is 19.7. The van der Waals surface area contributed by atoms with E-state index in [4.69, 9.17) is 0 Å². The molecule has 8 heteroatoms. The summed E-state index contributed by atoms with van der Waals surface area (Å²) in [5, 5.41) is -0.241. The molecule has 0 amide bonds. The van der Waals surface area contributed by atoms with Crippen LogP contribution in [0.3, 0.4) is 0 Å². The lowest BCUT2D eigenvalue weighted by molar-refractivity contribution is 0.246. The van der Waals surface area contributed by atoms with Crippen LogP contribution in [0.15, 0.2) is 16.7 Å². The number of aromatic nitrogens is 1. The van der Waals surface area contributed by atoms with E-state index < -0.39 is 10.0 Å². The van der Waals surface area contributed by atoms with Gasteiger partial charge >= 0.3 is 0 Å². The lowest BCUT2D eigenvalue weighted by atomic mass is 10.1. The Morgan fingerprint density at radius 1 is 1.38 bits per heavy atom. The maximum absolute atomic E-state index is 12.1. The summed E-state index contributed by atoms with van der Waals surface area (Å²) in [5.74, 6) is 0.709. The number of hydrogen-bond donors (Lipinski definition) is 1. The lowest BCUT2D eigenvalue weighted by Crippen LogP contribution is -2.57. The summed E-state index contributed by atoms with van der Waals surface area (Å²) in [6.45, 7) is 1.72. The van der Waals surface area contributed by atoms with Crippen LogP contribution < -0.4 is 9.62 Å². The molecule has 0 radical (unpaired) electrons. The van der Waals surface area contributed by atoms with E-state index in [1.165, 1.54) is 0 Å². The molecule has 0 bridgehead atoms. The zero-order valence-corrected chi connectivity index (χ0v) is 14.5. The van der Waals surface area contributed by atoms with Crippen molar-refractivity contribution in [3.63, 3.8) is 0 Å². The summed E-state index contributed by atoms with van der Waals surface area (Å²) < 4.78 is 27.8. The Kier molecular flexibility index (Phi) is 3.87. The lowest BCUT2D eigenvalue weighted by Gasteiger charge is -2.44. The van der Waals surface area contributed by atoms with E-state index in [0.29, 0.717) is 17.5 Å². The minimum atomic E-state index is -3.27. The minimum Gasteiger partial charge on any atom is -0.352 e. The van der Waals surface area contributed by atoms with Crippen LogP contribution in [-0.4, -0.2) is 56.8 Å². The molecule has 0 spiro atoms. The van der Waals surface area contributed by atoms with Gasteiger partial charge in [-0.1, -0.05) is 0 Å². The zero-order chi connectivity index (χ0) is 15.2. The Balaban J connectivity index is 1.81. The first-order valence-electron chi connectivity index (χ1n) is 6.95. The molecular weight excluding hydrogens is 356 g/mol. The number of anilines is 2. The van der Waals surface area contributed by atoms with Crippen LogP contribution in [-0.2, 0) is 10.0 Å². The van der Waals surface area contributed by atoms with Gasteiger partial charge in [0.1, 0.15) is 0 Å². The molecule has 21 heavy (non-hydrogen) atoms. The molecule has 2 heterocycles. The monoisotopic (exact) mass is 374 g/mol. The molecule has 0 aromatic carbocycles. The van der Waals surface area contributed by atoms with E-state index in [2.05, 4.69) is 35.4 Å². The van der Waals surface area contributed by atoms with Crippen molar-refractivity contribution in [1.29, 1.82) is 0 Å². The molecule has 3 rings (SSSR count). The average molecular weight is 375 g/mol. The predicted octanol–water partition coefficient (Wildman–Crippen LogP) is 1.50. The second-order valence-electron chi connectivity index (χ2n) is 5.89. The maximum Gasteiger partial charge on any atom is 0.235 e. The molecule has 0 unspecified atom stereocenters. The SMILES string of the molecule is CN(C)C1CN(c2ncc(Br)cc2NS(=O)(=O)C2CC2)C1. The van der Waals surface area contributed by atoms with Gasteiger partial charge in [-0.05, 0) is 48.9 Å². The number of likely N-dealkylation sites (N-methyl/N-ethyl adjacent to an activating group) is 1. The van der Waals surface area contributed by atoms with Gasteiger partial charge < -0.3 is 9.80 Å². The molecule has 1 saturated carbocycles. The van der Waals surface area contributed by atoms with Gasteiger partial charge in [0.05, 0.1) is 10.9 Å². The third-order valence-corrected chi connectivity index (χ3v) is 6.23. The van der Waals surface area contributed by atoms with Gasteiger partial charge in [-0.2, -0.15) is 0 Å². The smallest absolute Gasteiger partial charge is 0.235 e. The fourth-order valence-electron chi connectivity index (χ4n) is 2.33. The highest BCUT2D eigenvalue weighted by Crippen LogP contribution is 2.35. The highest BCUT2D eigenvalue weighted by molar-refractivity contribution is 9.10. The molecular formula is C13H19BrN4O2S. The summed E-state index contributed by atoms with van der Waals surface area (Å²) in [7, 11) is 0.824. The highest BCUT2D eigenvalue weighted by atomic mass is 79.9. The van der Waals surface area contributed by atoms with Crippen molar-refractivity contribution in [2.75, 3.05) is 36.8 Å². The first kappa shape index (κ1) is 15.1. The molecule has 1 saturated heterocycles. The summed E-state index contributed by atoms with van der Waals surface area (Å²) in [6, 6.07) is 2.27. The van der Waals surface area contributed by atoms with Crippen LogP contribution in [0.1, 0.15) is 12.8 Å². The van der Waals surface area contributed by atoms with Crippen LogP contribution in [0.2, 0.25) is 0 Å². The Hall–Kier alpha value is -0.860. The van der Waals surface area contributed by atoms with E-state index in [1.54, 1.807) is 12.3 Å². The average Bonchev–Trinajstić information content (AvgIpc) is 3.13. The van der Waals surface area contributed by atoms with Crippen molar-refractivity contribution in [2.24, 2.45) is 0 Å². The number of nitrogens with one attached hydrogen (secondary N) is 1. The standard InChI is InChI=1S/C13H19BrN4O2S/c1-17(2)10-7-18(8-10)13-12(5-9(14)6-15-13)16-21(19,20)11-3-4-11/h5-6,10-11,16H,3-4,7-8H2,1-2H3. The molecule has 116 valence electrons. The Bertz CT molecular complexity index is 640. The van der Waals surface area contributed by atoms with Crippen molar-refractivity contribution in [1.82, 2.24) is 9.88 Å². The Labute approximate surface area is 133 Å². The third kappa shape index (κ3) is 3.17. The second kappa shape index (κ2) is 5.40. The first-order valence-corrected chi connectivity index (χ1v) is 9.29. The van der Waals surface area contributed by atoms with Gasteiger partial charge in [0.2, 0.25) is 10.0 Å². The fraction of sp³-hybridized carbons (Fsp3) is 0.615. The number of pyridine rings is 1. The topological polar surface area (TPSA) is 65.5 Å². The molecule has 0 atom stereocenters. The number of rotatable bonds is 5. The quantitative estimate of drug-likeness (QED) is 0.845. The number of nitrogens with zero attached hydrogens (tertiary/aromatic N) is 3. The molecule has 2 fully saturated rings. The van der Waals surface area contributed by atoms with Crippen molar-refractivity contribution < 1.29 is 8.42 Å². The van der Waals surface area contributed by atoms with Crippen LogP contribution >= 0.6 is 15.9 Å². The number of halogens is 1. The number of sulfonamides is 1. The van der Waals surface area contributed by atoms with Crippen LogP contribution in [0.4, 0.5) is 11.5 Å². The fourth-order valence-corrected chi connectivity index (χ4v) is 4.04. The number of hydrogen-bond acceptors (Lipinski definition) is 5. The largest absolute Gasteiger partial charge is 0.352 e. The molecule has 1 aliphatic heterocycles. The summed E-state index contributed by atoms with van der Waals surface area (Å²) in [4.78, 5) is 8.66. The van der Waals surface area contributed by atoms with E-state index in [1.807, 2.05) is 14.1 Å². The third-order valence-electron chi connectivity index (χ3n) is 3.94. The van der Waals surface area contributed by atoms with Crippen LogP contribution in [0, 0.1) is 0 Å². The van der Waals surface area contributed by atoms with Crippen LogP contribution in [0.5, 0.6) is 0 Å². The van der Waals surface area contributed by atoms with Crippen LogP contribution in [0.25, 0.3) is 0 Å². The Morgan fingerprint density at radius 2 is 2.05 bits per heavy atom. The minimum absolute atomic E-state index is 0.241. The van der Waals surface area contributed by atoms with Crippen molar-refractivity contribution in [2.45, 2.75) is 24.1 Å². The predicted molar refractivity (Wildman–Crippen MR) is 87.2 cm³/mol. The summed E-state index contributed by atoms with van der Waals surface area (Å²) >= 11 is 3.36. The van der Waals surface area contributed by atoms with E-state index in [9.17, 15) is 8.42 Å². The summed E-state index contributed by atoms with van der Waals surface area (Å²) in [5.41, 5.74) is 0.563. The molecule has 1 N–H and O–H groups in total. The van der Waals surface area contributed by atoms with Gasteiger partial charge in [-0.15, -0.1) is 0 Å². The Morgan fingerprint density at radius 3 is 2.62 bits per heavy atom. The molecule has 2 aliphatic rings.